The number of urea groups is 1. The lowest BCUT2D eigenvalue weighted by Crippen LogP contribution is -2.54. The molecular formula is C43H51N7O9. The van der Waals surface area contributed by atoms with E-state index in [9.17, 15) is 33.9 Å². The van der Waals surface area contributed by atoms with Crippen molar-refractivity contribution in [3.8, 4) is 5.75 Å². The molecule has 16 heteroatoms. The number of pyridine rings is 1. The fraction of sp³-hybridized carbons (Fsp3) is 0.465. The molecule has 59 heavy (non-hydrogen) atoms. The standard InChI is InChI=1S/C43H51N7O9/c1-28-23-30(24-29(2)39(28)53)25-35(59-43(57)48-16-13-33(14-17-48)49-18-12-31-7-3-4-8-34(31)45-42(49)56)40(54)47-21-19-46(20-22-47)36-11-10-32(26-44-36)41(55)58-27-38(52)50-15-6-5-9-37(50)51/h3-4,7-8,10-11,23-24,26,33,35,53H,5-6,9,12-22,25,27H2,1-2H3,(H,45,56)/t35-/m1/s1. The highest BCUT2D eigenvalue weighted by Crippen LogP contribution is 2.27. The third-order valence-electron chi connectivity index (χ3n) is 11.6. The molecule has 1 aromatic heterocycles. The summed E-state index contributed by atoms with van der Waals surface area (Å²) in [6, 6.07) is 14.4. The number of carbonyl (C=O) groups is 6. The number of carbonyl (C=O) groups excluding carboxylic acids is 6. The topological polar surface area (TPSA) is 182 Å². The maximum atomic E-state index is 14.2. The molecule has 7 rings (SSSR count). The quantitative estimate of drug-likeness (QED) is 0.298. The molecule has 6 amide bonds. The number of phenols is 1. The molecule has 312 valence electrons. The minimum absolute atomic E-state index is 0.0439. The number of piperazine rings is 1. The molecule has 1 atom stereocenters. The molecule has 3 fully saturated rings. The number of aromatic hydroxyl groups is 1. The first-order valence-electron chi connectivity index (χ1n) is 20.4. The Morgan fingerprint density at radius 3 is 2.29 bits per heavy atom. The number of esters is 1. The van der Waals surface area contributed by atoms with Gasteiger partial charge in [0.25, 0.3) is 11.8 Å². The number of likely N-dealkylation sites (tertiary alicyclic amines) is 2. The monoisotopic (exact) mass is 809 g/mol. The number of imide groups is 1. The zero-order valence-electron chi connectivity index (χ0n) is 33.6. The Morgan fingerprint density at radius 2 is 1.59 bits per heavy atom. The fourth-order valence-electron chi connectivity index (χ4n) is 8.26. The van der Waals surface area contributed by atoms with E-state index in [0.717, 1.165) is 41.0 Å². The normalized spacial score (nSPS) is 18.1. The van der Waals surface area contributed by atoms with Gasteiger partial charge in [0.2, 0.25) is 5.91 Å². The van der Waals surface area contributed by atoms with Gasteiger partial charge in [0.1, 0.15) is 11.6 Å². The molecule has 4 aliphatic heterocycles. The lowest BCUT2D eigenvalue weighted by atomic mass is 10.0. The first kappa shape index (κ1) is 41.0. The van der Waals surface area contributed by atoms with Gasteiger partial charge >= 0.3 is 18.1 Å². The summed E-state index contributed by atoms with van der Waals surface area (Å²) in [4.78, 5) is 90.8. The van der Waals surface area contributed by atoms with Crippen molar-refractivity contribution in [3.05, 3.63) is 82.5 Å². The molecule has 2 N–H and O–H groups in total. The summed E-state index contributed by atoms with van der Waals surface area (Å²) in [5.41, 5.74) is 4.13. The molecular weight excluding hydrogens is 759 g/mol. The predicted octanol–water partition coefficient (Wildman–Crippen LogP) is 4.05. The average Bonchev–Trinajstić information content (AvgIpc) is 3.42. The van der Waals surface area contributed by atoms with Crippen LogP contribution in [0.1, 0.15) is 64.7 Å². The number of anilines is 2. The second kappa shape index (κ2) is 18.2. The molecule has 16 nitrogen and oxygen atoms in total. The van der Waals surface area contributed by atoms with Crippen LogP contribution < -0.4 is 10.2 Å². The van der Waals surface area contributed by atoms with Gasteiger partial charge in [0, 0.05) is 83.1 Å². The van der Waals surface area contributed by atoms with E-state index in [1.807, 2.05) is 34.1 Å². The Hall–Kier alpha value is -6.19. The first-order valence-corrected chi connectivity index (χ1v) is 20.4. The van der Waals surface area contributed by atoms with Crippen LogP contribution in [-0.4, -0.2) is 137 Å². The van der Waals surface area contributed by atoms with Gasteiger partial charge < -0.3 is 39.5 Å². The number of hydrogen-bond acceptors (Lipinski definition) is 11. The van der Waals surface area contributed by atoms with E-state index in [-0.39, 0.29) is 41.6 Å². The smallest absolute Gasteiger partial charge is 0.410 e. The maximum Gasteiger partial charge on any atom is 0.410 e. The van der Waals surface area contributed by atoms with Crippen LogP contribution in [0.2, 0.25) is 0 Å². The summed E-state index contributed by atoms with van der Waals surface area (Å²) in [6.45, 7) is 6.21. The summed E-state index contributed by atoms with van der Waals surface area (Å²) in [6.07, 6.45) is 3.44. The van der Waals surface area contributed by atoms with Gasteiger partial charge in [-0.2, -0.15) is 0 Å². The zero-order chi connectivity index (χ0) is 41.6. The van der Waals surface area contributed by atoms with Crippen LogP contribution in [0, 0.1) is 13.8 Å². The average molecular weight is 810 g/mol. The molecule has 3 aromatic rings. The Bertz CT molecular complexity index is 2050. The van der Waals surface area contributed by atoms with E-state index in [4.69, 9.17) is 9.47 Å². The van der Waals surface area contributed by atoms with Gasteiger partial charge in [0.15, 0.2) is 12.7 Å². The van der Waals surface area contributed by atoms with Crippen molar-refractivity contribution >= 4 is 47.3 Å². The van der Waals surface area contributed by atoms with Crippen molar-refractivity contribution in [1.82, 2.24) is 24.6 Å². The summed E-state index contributed by atoms with van der Waals surface area (Å²) in [5.74, 6) is -1.09. The SMILES string of the molecule is Cc1cc(C[C@@H](OC(=O)N2CCC(N3CCc4ccccc4NC3=O)CC2)C(=O)N2CCN(c3ccc(C(=O)OCC(=O)N4CCCCC4=O)cn3)CC2)cc(C)c1O. The fourth-order valence-corrected chi connectivity index (χ4v) is 8.26. The van der Waals surface area contributed by atoms with E-state index in [0.29, 0.717) is 88.6 Å². The van der Waals surface area contributed by atoms with E-state index in [2.05, 4.69) is 10.3 Å². The van der Waals surface area contributed by atoms with Crippen molar-refractivity contribution in [2.45, 2.75) is 70.9 Å². The Balaban J connectivity index is 0.941. The number of rotatable bonds is 9. The second-order valence-electron chi connectivity index (χ2n) is 15.6. The Kier molecular flexibility index (Phi) is 12.6. The predicted molar refractivity (Wildman–Crippen MR) is 216 cm³/mol. The number of phenolic OH excluding ortho intramolecular Hbond substituents is 1. The van der Waals surface area contributed by atoms with E-state index < -0.39 is 30.7 Å². The van der Waals surface area contributed by atoms with Gasteiger partial charge in [0.05, 0.1) is 5.56 Å². The number of benzene rings is 2. The minimum atomic E-state index is -1.12. The summed E-state index contributed by atoms with van der Waals surface area (Å²) in [5, 5.41) is 13.4. The number of fused-ring (bicyclic) bond motifs is 1. The highest BCUT2D eigenvalue weighted by molar-refractivity contribution is 5.98. The molecule has 4 aliphatic rings. The van der Waals surface area contributed by atoms with Crippen LogP contribution in [-0.2, 0) is 36.7 Å². The summed E-state index contributed by atoms with van der Waals surface area (Å²) in [7, 11) is 0. The van der Waals surface area contributed by atoms with Crippen LogP contribution in [0.4, 0.5) is 21.1 Å². The lowest BCUT2D eigenvalue weighted by Gasteiger charge is -2.39. The second-order valence-corrected chi connectivity index (χ2v) is 15.6. The molecule has 5 heterocycles. The number of nitrogens with one attached hydrogen (secondary N) is 1. The number of para-hydroxylation sites is 1. The molecule has 3 saturated heterocycles. The van der Waals surface area contributed by atoms with E-state index in [1.165, 1.54) is 6.20 Å². The molecule has 0 aliphatic carbocycles. The largest absolute Gasteiger partial charge is 0.507 e. The lowest BCUT2D eigenvalue weighted by molar-refractivity contribution is -0.148. The van der Waals surface area contributed by atoms with Gasteiger partial charge in [-0.1, -0.05) is 30.3 Å². The zero-order valence-corrected chi connectivity index (χ0v) is 33.6. The Morgan fingerprint density at radius 1 is 0.864 bits per heavy atom. The van der Waals surface area contributed by atoms with Crippen LogP contribution in [0.15, 0.2) is 54.7 Å². The van der Waals surface area contributed by atoms with Crippen LogP contribution >= 0.6 is 0 Å². The third kappa shape index (κ3) is 9.58. The van der Waals surface area contributed by atoms with Crippen molar-refractivity contribution in [1.29, 1.82) is 0 Å². The molecule has 0 saturated carbocycles. The van der Waals surface area contributed by atoms with Crippen LogP contribution in [0.3, 0.4) is 0 Å². The van der Waals surface area contributed by atoms with Crippen molar-refractivity contribution in [2.75, 3.05) is 69.2 Å². The number of amides is 6. The first-order chi connectivity index (χ1) is 28.4. The molecule has 0 bridgehead atoms. The molecule has 0 unspecified atom stereocenters. The molecule has 0 spiro atoms. The Labute approximate surface area is 343 Å². The number of ether oxygens (including phenoxy) is 2. The maximum absolute atomic E-state index is 14.2. The summed E-state index contributed by atoms with van der Waals surface area (Å²) >= 11 is 0. The number of hydrogen-bond donors (Lipinski definition) is 2. The number of piperidine rings is 2. The third-order valence-corrected chi connectivity index (χ3v) is 11.6. The highest BCUT2D eigenvalue weighted by atomic mass is 16.6. The minimum Gasteiger partial charge on any atom is -0.507 e. The van der Waals surface area contributed by atoms with Crippen molar-refractivity contribution in [2.24, 2.45) is 0 Å². The van der Waals surface area contributed by atoms with E-state index >= 15 is 0 Å². The van der Waals surface area contributed by atoms with Gasteiger partial charge in [-0.05, 0) is 86.4 Å². The highest BCUT2D eigenvalue weighted by Gasteiger charge is 2.36. The summed E-state index contributed by atoms with van der Waals surface area (Å²) < 4.78 is 11.2. The van der Waals surface area contributed by atoms with Crippen molar-refractivity contribution < 1.29 is 43.3 Å². The molecule has 2 aromatic carbocycles. The van der Waals surface area contributed by atoms with Gasteiger partial charge in [-0.3, -0.25) is 19.3 Å². The number of nitrogens with zero attached hydrogens (tertiary/aromatic N) is 6. The van der Waals surface area contributed by atoms with Crippen LogP contribution in [0.5, 0.6) is 5.75 Å². The van der Waals surface area contributed by atoms with E-state index in [1.54, 1.807) is 47.9 Å². The van der Waals surface area contributed by atoms with Gasteiger partial charge in [-0.15, -0.1) is 0 Å². The van der Waals surface area contributed by atoms with Crippen LogP contribution in [0.25, 0.3) is 0 Å². The van der Waals surface area contributed by atoms with Crippen molar-refractivity contribution in [3.63, 3.8) is 0 Å². The van der Waals surface area contributed by atoms with Gasteiger partial charge in [-0.25, -0.2) is 19.4 Å². The molecule has 0 radical (unpaired) electrons. The number of aromatic nitrogens is 1. The number of aryl methyl sites for hydroxylation is 2.